The molecule has 7 heteroatoms. The third-order valence-electron chi connectivity index (χ3n) is 5.26. The lowest BCUT2D eigenvalue weighted by Gasteiger charge is -2.16. The van der Waals surface area contributed by atoms with E-state index in [1.807, 2.05) is 30.3 Å². The highest BCUT2D eigenvalue weighted by molar-refractivity contribution is 7.22. The van der Waals surface area contributed by atoms with E-state index in [1.54, 1.807) is 35.6 Å². The van der Waals surface area contributed by atoms with Crippen molar-refractivity contribution in [3.63, 3.8) is 0 Å². The number of hydrogen-bond acceptors (Lipinski definition) is 7. The highest BCUT2D eigenvalue weighted by Gasteiger charge is 2.11. The molecule has 34 heavy (non-hydrogen) atoms. The van der Waals surface area contributed by atoms with Crippen LogP contribution in [-0.4, -0.2) is 44.2 Å². The summed E-state index contributed by atoms with van der Waals surface area (Å²) in [4.78, 5) is 9.10. The van der Waals surface area contributed by atoms with Crippen molar-refractivity contribution in [1.82, 2.24) is 9.88 Å². The van der Waals surface area contributed by atoms with Gasteiger partial charge in [0.15, 0.2) is 5.13 Å². The number of anilines is 1. The van der Waals surface area contributed by atoms with Crippen LogP contribution >= 0.6 is 11.3 Å². The van der Waals surface area contributed by atoms with Crippen LogP contribution in [0, 0.1) is 11.3 Å². The Bertz CT molecular complexity index is 1260. The maximum atomic E-state index is 8.94. The Morgan fingerprint density at radius 2 is 1.62 bits per heavy atom. The molecule has 0 aliphatic rings. The van der Waals surface area contributed by atoms with Gasteiger partial charge in [-0.15, -0.1) is 0 Å². The lowest BCUT2D eigenvalue weighted by Crippen LogP contribution is -2.16. The Kier molecular flexibility index (Phi) is 7.63. The van der Waals surface area contributed by atoms with Crippen molar-refractivity contribution < 1.29 is 9.47 Å². The minimum Gasteiger partial charge on any atom is -0.494 e. The fourth-order valence-corrected chi connectivity index (χ4v) is 4.41. The lowest BCUT2D eigenvalue weighted by atomic mass is 10.2. The van der Waals surface area contributed by atoms with Crippen LogP contribution < -0.4 is 14.4 Å². The molecule has 1 aromatic heterocycles. The topological polar surface area (TPSA) is 61.6 Å². The fraction of sp³-hybridized carbons (Fsp3) is 0.259. The van der Waals surface area contributed by atoms with E-state index in [4.69, 9.17) is 19.7 Å². The summed E-state index contributed by atoms with van der Waals surface area (Å²) >= 11 is 1.64. The molecule has 0 saturated heterocycles. The van der Waals surface area contributed by atoms with Gasteiger partial charge in [-0.25, -0.2) is 4.98 Å². The normalized spacial score (nSPS) is 10.9. The van der Waals surface area contributed by atoms with Crippen molar-refractivity contribution in [2.45, 2.75) is 13.0 Å². The van der Waals surface area contributed by atoms with Gasteiger partial charge in [0.05, 0.1) is 28.5 Å². The number of rotatable bonds is 10. The van der Waals surface area contributed by atoms with Gasteiger partial charge in [-0.2, -0.15) is 5.26 Å². The van der Waals surface area contributed by atoms with Crippen LogP contribution in [0.3, 0.4) is 0 Å². The van der Waals surface area contributed by atoms with Crippen molar-refractivity contribution in [2.24, 2.45) is 0 Å². The summed E-state index contributed by atoms with van der Waals surface area (Å²) in [6.45, 7) is 2.50. The number of thiazole rings is 1. The number of nitriles is 1. The number of hydrogen-bond donors (Lipinski definition) is 0. The SMILES string of the molecule is CN(C)CCCOc1ccc(CN(C)c2nc3ccc(Oc4ccc(C#N)cc4)cc3s2)cc1. The Labute approximate surface area is 204 Å². The van der Waals surface area contributed by atoms with Crippen LogP contribution in [0.15, 0.2) is 66.7 Å². The highest BCUT2D eigenvalue weighted by Crippen LogP contribution is 2.33. The predicted molar refractivity (Wildman–Crippen MR) is 138 cm³/mol. The predicted octanol–water partition coefficient (Wildman–Crippen LogP) is 5.93. The zero-order valence-corrected chi connectivity index (χ0v) is 20.5. The summed E-state index contributed by atoms with van der Waals surface area (Å²) in [5, 5.41) is 9.89. The average Bonchev–Trinajstić information content (AvgIpc) is 3.27. The Morgan fingerprint density at radius 3 is 2.32 bits per heavy atom. The summed E-state index contributed by atoms with van der Waals surface area (Å²) < 4.78 is 12.8. The molecule has 174 valence electrons. The molecule has 0 aliphatic heterocycles. The summed E-state index contributed by atoms with van der Waals surface area (Å²) in [7, 11) is 6.19. The second-order valence-corrected chi connectivity index (χ2v) is 9.38. The standard InChI is InChI=1S/C27H28N4O2S/c1-30(2)15-4-16-32-22-9-7-21(8-10-22)19-31(3)27-29-25-14-13-24(17-26(25)34-27)33-23-11-5-20(18-28)6-12-23/h5-14,17H,4,15-16,19H2,1-3H3. The zero-order valence-electron chi connectivity index (χ0n) is 19.7. The maximum Gasteiger partial charge on any atom is 0.186 e. The van der Waals surface area contributed by atoms with E-state index in [-0.39, 0.29) is 0 Å². The maximum absolute atomic E-state index is 8.94. The minimum absolute atomic E-state index is 0.611. The summed E-state index contributed by atoms with van der Waals surface area (Å²) in [5.74, 6) is 2.35. The van der Waals surface area contributed by atoms with Gasteiger partial charge < -0.3 is 19.3 Å². The molecule has 0 unspecified atom stereocenters. The third-order valence-corrected chi connectivity index (χ3v) is 6.39. The van der Waals surface area contributed by atoms with Gasteiger partial charge in [-0.05, 0) is 74.6 Å². The molecule has 0 radical (unpaired) electrons. The molecule has 6 nitrogen and oxygen atoms in total. The molecular formula is C27H28N4O2S. The Hall–Kier alpha value is -3.60. The molecule has 4 aromatic rings. The second kappa shape index (κ2) is 11.0. The first-order valence-electron chi connectivity index (χ1n) is 11.2. The molecule has 4 rings (SSSR count). The highest BCUT2D eigenvalue weighted by atomic mass is 32.1. The molecule has 0 N–H and O–H groups in total. The molecule has 0 atom stereocenters. The van der Waals surface area contributed by atoms with E-state index in [1.165, 1.54) is 5.56 Å². The fourth-order valence-electron chi connectivity index (χ4n) is 3.46. The van der Waals surface area contributed by atoms with Gasteiger partial charge in [0, 0.05) is 26.2 Å². The van der Waals surface area contributed by atoms with Crippen LogP contribution in [0.1, 0.15) is 17.5 Å². The van der Waals surface area contributed by atoms with E-state index >= 15 is 0 Å². The van der Waals surface area contributed by atoms with Crippen LogP contribution in [-0.2, 0) is 6.54 Å². The van der Waals surface area contributed by atoms with Crippen LogP contribution in [0.5, 0.6) is 17.2 Å². The molecule has 3 aromatic carbocycles. The quantitative estimate of drug-likeness (QED) is 0.267. The van der Waals surface area contributed by atoms with Crippen molar-refractivity contribution >= 4 is 26.7 Å². The van der Waals surface area contributed by atoms with Crippen LogP contribution in [0.4, 0.5) is 5.13 Å². The third kappa shape index (κ3) is 6.25. The van der Waals surface area contributed by atoms with E-state index in [9.17, 15) is 0 Å². The van der Waals surface area contributed by atoms with Crippen molar-refractivity contribution in [1.29, 1.82) is 5.26 Å². The molecule has 0 bridgehead atoms. The van der Waals surface area contributed by atoms with Crippen molar-refractivity contribution in [3.05, 3.63) is 77.9 Å². The van der Waals surface area contributed by atoms with Crippen LogP contribution in [0.25, 0.3) is 10.2 Å². The van der Waals surface area contributed by atoms with Crippen molar-refractivity contribution in [3.8, 4) is 23.3 Å². The Morgan fingerprint density at radius 1 is 0.912 bits per heavy atom. The lowest BCUT2D eigenvalue weighted by molar-refractivity contribution is 0.281. The summed E-state index contributed by atoms with van der Waals surface area (Å²) in [5.41, 5.74) is 2.76. The van der Waals surface area contributed by atoms with E-state index in [0.717, 1.165) is 53.0 Å². The van der Waals surface area contributed by atoms with E-state index < -0.39 is 0 Å². The van der Waals surface area contributed by atoms with Gasteiger partial charge in [-0.1, -0.05) is 23.5 Å². The molecule has 0 amide bonds. The largest absolute Gasteiger partial charge is 0.494 e. The molecule has 0 aliphatic carbocycles. The number of nitrogens with zero attached hydrogens (tertiary/aromatic N) is 4. The van der Waals surface area contributed by atoms with Gasteiger partial charge in [0.1, 0.15) is 17.2 Å². The number of ether oxygens (including phenoxy) is 2. The molecular weight excluding hydrogens is 444 g/mol. The molecule has 0 fully saturated rings. The van der Waals surface area contributed by atoms with Gasteiger partial charge >= 0.3 is 0 Å². The zero-order chi connectivity index (χ0) is 23.9. The van der Waals surface area contributed by atoms with Gasteiger partial charge in [-0.3, -0.25) is 0 Å². The molecule has 0 saturated carbocycles. The monoisotopic (exact) mass is 472 g/mol. The van der Waals surface area contributed by atoms with E-state index in [0.29, 0.717) is 11.3 Å². The molecule has 1 heterocycles. The smallest absolute Gasteiger partial charge is 0.186 e. The first-order chi connectivity index (χ1) is 16.5. The van der Waals surface area contributed by atoms with E-state index in [2.05, 4.69) is 49.1 Å². The Balaban J connectivity index is 1.36. The van der Waals surface area contributed by atoms with Gasteiger partial charge in [0.2, 0.25) is 0 Å². The first-order valence-corrected chi connectivity index (χ1v) is 12.0. The number of fused-ring (bicyclic) bond motifs is 1. The number of benzene rings is 3. The average molecular weight is 473 g/mol. The number of aromatic nitrogens is 1. The summed E-state index contributed by atoms with van der Waals surface area (Å²) in [6.07, 6.45) is 1.01. The minimum atomic E-state index is 0.611. The van der Waals surface area contributed by atoms with Gasteiger partial charge in [0.25, 0.3) is 0 Å². The van der Waals surface area contributed by atoms with Crippen LogP contribution in [0.2, 0.25) is 0 Å². The first kappa shape index (κ1) is 23.6. The van der Waals surface area contributed by atoms with Crippen molar-refractivity contribution in [2.75, 3.05) is 39.2 Å². The second-order valence-electron chi connectivity index (χ2n) is 8.37. The molecule has 0 spiro atoms. The summed E-state index contributed by atoms with van der Waals surface area (Å²) in [6, 6.07) is 23.4.